The molecule has 29 heavy (non-hydrogen) atoms. The Balaban J connectivity index is 0.000000628. The highest BCUT2D eigenvalue weighted by molar-refractivity contribution is 7.99. The molecule has 0 saturated carbocycles. The van der Waals surface area contributed by atoms with Crippen molar-refractivity contribution in [3.8, 4) is 0 Å². The Morgan fingerprint density at radius 1 is 1.14 bits per heavy atom. The van der Waals surface area contributed by atoms with Crippen molar-refractivity contribution in [2.75, 3.05) is 26.9 Å². The number of fused-ring (bicyclic) bond motifs is 2. The van der Waals surface area contributed by atoms with Crippen LogP contribution in [0.2, 0.25) is 15.1 Å². The molecule has 0 radical (unpaired) electrons. The van der Waals surface area contributed by atoms with Crippen LogP contribution in [-0.4, -0.2) is 50.2 Å². The van der Waals surface area contributed by atoms with Gasteiger partial charge in [-0.05, 0) is 43.8 Å². The topological polar surface area (TPSA) is 89.1 Å². The van der Waals surface area contributed by atoms with E-state index in [4.69, 9.17) is 39.4 Å². The molecular weight excluding hydrogens is 477 g/mol. The molecule has 1 aliphatic heterocycles. The Labute approximate surface area is 190 Å². The highest BCUT2D eigenvalue weighted by atomic mass is 35.5. The lowest BCUT2D eigenvalue weighted by molar-refractivity contribution is 0.417. The van der Waals surface area contributed by atoms with Gasteiger partial charge in [-0.2, -0.15) is 8.42 Å². The molecular formula is C19H22Cl3NO4S2. The summed E-state index contributed by atoms with van der Waals surface area (Å²) < 4.78 is 25.9. The van der Waals surface area contributed by atoms with Crippen LogP contribution >= 0.6 is 46.6 Å². The summed E-state index contributed by atoms with van der Waals surface area (Å²) in [5, 5.41) is 1.71. The lowest BCUT2D eigenvalue weighted by Gasteiger charge is -2.25. The van der Waals surface area contributed by atoms with Crippen molar-refractivity contribution in [2.45, 2.75) is 16.2 Å². The molecule has 3 N–H and O–H groups in total. The summed E-state index contributed by atoms with van der Waals surface area (Å²) >= 11 is 20.9. The number of nitrogens with zero attached hydrogens (tertiary/aromatic N) is 1. The van der Waals surface area contributed by atoms with Crippen LogP contribution < -0.4 is 0 Å². The molecule has 0 fully saturated rings. The molecule has 0 aliphatic carbocycles. The molecule has 3 rings (SSSR count). The van der Waals surface area contributed by atoms with Crippen LogP contribution in [0.15, 0.2) is 46.2 Å². The Morgan fingerprint density at radius 3 is 2.31 bits per heavy atom. The average molecular weight is 499 g/mol. The summed E-state index contributed by atoms with van der Waals surface area (Å²) in [5.41, 5.74) is 3.25. The fourth-order valence-corrected chi connectivity index (χ4v) is 4.63. The van der Waals surface area contributed by atoms with Crippen molar-refractivity contribution in [3.05, 3.63) is 62.6 Å². The molecule has 0 aromatic heterocycles. The van der Waals surface area contributed by atoms with Gasteiger partial charge in [-0.1, -0.05) is 70.8 Å². The van der Waals surface area contributed by atoms with E-state index in [2.05, 4.69) is 37.2 Å². The molecule has 0 saturated heterocycles. The third kappa shape index (κ3) is 7.45. The predicted molar refractivity (Wildman–Crippen MR) is 123 cm³/mol. The monoisotopic (exact) mass is 497 g/mol. The Kier molecular flexibility index (Phi) is 9.98. The number of hydrogen-bond acceptors (Lipinski definition) is 4. The fourth-order valence-electron chi connectivity index (χ4n) is 2.62. The number of rotatable bonds is 3. The van der Waals surface area contributed by atoms with E-state index in [-0.39, 0.29) is 5.48 Å². The number of halogens is 3. The van der Waals surface area contributed by atoms with Crippen molar-refractivity contribution >= 4 is 62.3 Å². The molecule has 5 nitrogen and oxygen atoms in total. The number of hydrogen-bond donors (Lipinski definition) is 1. The van der Waals surface area contributed by atoms with Crippen molar-refractivity contribution in [1.82, 2.24) is 4.90 Å². The molecule has 160 valence electrons. The second-order valence-electron chi connectivity index (χ2n) is 6.40. The maximum Gasteiger partial charge on any atom is 0.261 e. The minimum absolute atomic E-state index is 0. The normalized spacial score (nSPS) is 13.9. The SMILES string of the molecule is CN(C)CC/C=C1\c2ccccc2Sc2c(Cl)cc(Cl)c(Cl)c21.CS(=O)(=O)O.O. The largest absolute Gasteiger partial charge is 0.412 e. The lowest BCUT2D eigenvalue weighted by Crippen LogP contribution is -2.12. The Morgan fingerprint density at radius 2 is 1.72 bits per heavy atom. The molecule has 10 heteroatoms. The molecule has 2 aromatic rings. The van der Waals surface area contributed by atoms with E-state index in [9.17, 15) is 8.42 Å². The first-order valence-electron chi connectivity index (χ1n) is 8.21. The molecule has 0 bridgehead atoms. The van der Waals surface area contributed by atoms with Crippen LogP contribution in [0.25, 0.3) is 5.57 Å². The second-order valence-corrected chi connectivity index (χ2v) is 10.1. The standard InChI is InChI=1S/C18H16Cl3NS.CH4O3S.H2O/c1-22(2)9-5-7-12-11-6-3-4-8-15(11)23-18-14(20)10-13(19)17(21)16(12)18;1-5(2,3)4;/h3-4,6-8,10H,5,9H2,1-2H3;1H3,(H,2,3,4);1H2/b12-7+;;. The van der Waals surface area contributed by atoms with Crippen molar-refractivity contribution < 1.29 is 18.4 Å². The van der Waals surface area contributed by atoms with Gasteiger partial charge in [-0.15, -0.1) is 0 Å². The van der Waals surface area contributed by atoms with E-state index in [0.717, 1.165) is 29.0 Å². The molecule has 0 unspecified atom stereocenters. The first-order valence-corrected chi connectivity index (χ1v) is 12.0. The van der Waals surface area contributed by atoms with E-state index in [0.29, 0.717) is 21.3 Å². The molecule has 0 amide bonds. The van der Waals surface area contributed by atoms with Gasteiger partial charge in [-0.3, -0.25) is 4.55 Å². The summed E-state index contributed by atoms with van der Waals surface area (Å²) in [4.78, 5) is 4.33. The van der Waals surface area contributed by atoms with Gasteiger partial charge in [0.1, 0.15) is 0 Å². The van der Waals surface area contributed by atoms with Crippen molar-refractivity contribution in [3.63, 3.8) is 0 Å². The Hall–Kier alpha value is -0.770. The molecule has 0 atom stereocenters. The van der Waals surface area contributed by atoms with E-state index >= 15 is 0 Å². The lowest BCUT2D eigenvalue weighted by atomic mass is 9.96. The van der Waals surface area contributed by atoms with Gasteiger partial charge in [0, 0.05) is 21.9 Å². The van der Waals surface area contributed by atoms with Gasteiger partial charge in [0.2, 0.25) is 0 Å². The third-order valence-corrected chi connectivity index (χ3v) is 6.11. The van der Waals surface area contributed by atoms with Crippen LogP contribution in [0.3, 0.4) is 0 Å². The van der Waals surface area contributed by atoms with Gasteiger partial charge < -0.3 is 10.4 Å². The fraction of sp³-hybridized carbons (Fsp3) is 0.263. The minimum Gasteiger partial charge on any atom is -0.412 e. The maximum absolute atomic E-state index is 9.19. The zero-order valence-electron chi connectivity index (χ0n) is 16.0. The maximum atomic E-state index is 9.19. The first-order chi connectivity index (χ1) is 13.0. The van der Waals surface area contributed by atoms with Gasteiger partial charge in [0.25, 0.3) is 10.1 Å². The highest BCUT2D eigenvalue weighted by Crippen LogP contribution is 2.52. The quantitative estimate of drug-likeness (QED) is 0.397. The second kappa shape index (κ2) is 11.0. The molecule has 0 spiro atoms. The van der Waals surface area contributed by atoms with E-state index in [1.807, 2.05) is 12.1 Å². The van der Waals surface area contributed by atoms with E-state index in [1.54, 1.807) is 17.8 Å². The third-order valence-electron chi connectivity index (χ3n) is 3.71. The minimum atomic E-state index is -3.67. The van der Waals surface area contributed by atoms with Gasteiger partial charge >= 0.3 is 0 Å². The van der Waals surface area contributed by atoms with Crippen molar-refractivity contribution in [1.29, 1.82) is 0 Å². The first kappa shape index (κ1) is 26.3. The van der Waals surface area contributed by atoms with Crippen LogP contribution in [0.5, 0.6) is 0 Å². The average Bonchev–Trinajstić information content (AvgIpc) is 2.57. The van der Waals surface area contributed by atoms with Gasteiger partial charge in [0.15, 0.2) is 0 Å². The highest BCUT2D eigenvalue weighted by Gasteiger charge is 2.26. The molecule has 1 aliphatic rings. The zero-order chi connectivity index (χ0) is 21.1. The zero-order valence-corrected chi connectivity index (χ0v) is 19.9. The summed E-state index contributed by atoms with van der Waals surface area (Å²) in [6.45, 7) is 0.972. The smallest absolute Gasteiger partial charge is 0.261 e. The van der Waals surface area contributed by atoms with Crippen LogP contribution in [0.4, 0.5) is 0 Å². The molecule has 2 aromatic carbocycles. The van der Waals surface area contributed by atoms with E-state index in [1.165, 1.54) is 10.5 Å². The Bertz CT molecular complexity index is 1000. The van der Waals surface area contributed by atoms with Crippen LogP contribution in [0, 0.1) is 0 Å². The predicted octanol–water partition coefficient (Wildman–Crippen LogP) is 5.17. The number of benzene rings is 2. The van der Waals surface area contributed by atoms with Crippen LogP contribution in [0.1, 0.15) is 17.5 Å². The van der Waals surface area contributed by atoms with Gasteiger partial charge in [0.05, 0.1) is 21.3 Å². The van der Waals surface area contributed by atoms with E-state index < -0.39 is 10.1 Å². The molecule has 1 heterocycles. The summed E-state index contributed by atoms with van der Waals surface area (Å²) in [5.74, 6) is 0. The van der Waals surface area contributed by atoms with Gasteiger partial charge in [-0.25, -0.2) is 0 Å². The summed E-state index contributed by atoms with van der Waals surface area (Å²) in [7, 11) is 0.468. The van der Waals surface area contributed by atoms with Crippen molar-refractivity contribution in [2.24, 2.45) is 0 Å². The summed E-state index contributed by atoms with van der Waals surface area (Å²) in [6, 6.07) is 10.0. The summed E-state index contributed by atoms with van der Waals surface area (Å²) in [6.07, 6.45) is 3.88. The van der Waals surface area contributed by atoms with Crippen LogP contribution in [-0.2, 0) is 10.1 Å².